The van der Waals surface area contributed by atoms with E-state index >= 15 is 0 Å². The van der Waals surface area contributed by atoms with Crippen molar-refractivity contribution in [3.05, 3.63) is 76.3 Å². The van der Waals surface area contributed by atoms with Gasteiger partial charge in [-0.2, -0.15) is 0 Å². The number of carbonyl (C=O) groups is 1. The second-order valence-corrected chi connectivity index (χ2v) is 6.38. The van der Waals surface area contributed by atoms with Crippen molar-refractivity contribution in [1.82, 2.24) is 0 Å². The van der Waals surface area contributed by atoms with Crippen LogP contribution in [0, 0.1) is 13.8 Å². The normalized spacial score (nSPS) is 12.6. The van der Waals surface area contributed by atoms with E-state index in [1.807, 2.05) is 38.1 Å². The lowest BCUT2D eigenvalue weighted by Crippen LogP contribution is -2.13. The van der Waals surface area contributed by atoms with Crippen LogP contribution in [0.2, 0.25) is 0 Å². The zero-order chi connectivity index (χ0) is 16.0. The molecule has 23 heavy (non-hydrogen) atoms. The van der Waals surface area contributed by atoms with Gasteiger partial charge in [-0.05, 0) is 60.9 Å². The van der Waals surface area contributed by atoms with Crippen LogP contribution >= 0.6 is 0 Å². The molecule has 0 heterocycles. The van der Waals surface area contributed by atoms with Crippen molar-refractivity contribution in [2.75, 3.05) is 5.32 Å². The van der Waals surface area contributed by atoms with Gasteiger partial charge in [-0.1, -0.05) is 42.0 Å². The second-order valence-electron chi connectivity index (χ2n) is 6.38. The molecule has 3 aromatic rings. The number of amides is 1. The fourth-order valence-corrected chi connectivity index (χ4v) is 3.61. The molecule has 1 aliphatic carbocycles. The maximum absolute atomic E-state index is 12.7. The van der Waals surface area contributed by atoms with Crippen LogP contribution in [-0.4, -0.2) is 5.91 Å². The van der Waals surface area contributed by atoms with E-state index in [1.54, 1.807) is 0 Å². The minimum absolute atomic E-state index is 0.0406. The highest BCUT2D eigenvalue weighted by molar-refractivity contribution is 6.11. The van der Waals surface area contributed by atoms with Crippen molar-refractivity contribution < 1.29 is 4.79 Å². The summed E-state index contributed by atoms with van der Waals surface area (Å²) >= 11 is 0. The van der Waals surface area contributed by atoms with E-state index in [9.17, 15) is 4.79 Å². The van der Waals surface area contributed by atoms with Gasteiger partial charge in [-0.3, -0.25) is 4.79 Å². The van der Waals surface area contributed by atoms with Gasteiger partial charge < -0.3 is 5.32 Å². The van der Waals surface area contributed by atoms with Crippen LogP contribution in [-0.2, 0) is 12.8 Å². The van der Waals surface area contributed by atoms with Crippen LogP contribution in [0.15, 0.2) is 48.5 Å². The summed E-state index contributed by atoms with van der Waals surface area (Å²) in [6.45, 7) is 4.02. The maximum Gasteiger partial charge on any atom is 0.255 e. The standard InChI is InChI=1S/C21H19NO/c1-13-6-10-17(14(2)12-13)21(23)22-19-11-9-16-8-7-15-4-3-5-18(19)20(15)16/h3-6,9-12H,7-8H2,1-2H3,(H,22,23). The zero-order valence-corrected chi connectivity index (χ0v) is 13.4. The Labute approximate surface area is 136 Å². The molecule has 0 spiro atoms. The average Bonchev–Trinajstić information content (AvgIpc) is 2.95. The predicted molar refractivity (Wildman–Crippen MR) is 95.2 cm³/mol. The highest BCUT2D eigenvalue weighted by Gasteiger charge is 2.17. The molecule has 0 atom stereocenters. The Balaban J connectivity index is 1.75. The number of nitrogens with one attached hydrogen (secondary N) is 1. The molecular formula is C21H19NO. The van der Waals surface area contributed by atoms with Crippen molar-refractivity contribution in [2.45, 2.75) is 26.7 Å². The molecule has 114 valence electrons. The lowest BCUT2D eigenvalue weighted by Gasteiger charge is -2.12. The van der Waals surface area contributed by atoms with Gasteiger partial charge in [-0.15, -0.1) is 0 Å². The highest BCUT2D eigenvalue weighted by Crippen LogP contribution is 2.35. The minimum Gasteiger partial charge on any atom is -0.321 e. The Morgan fingerprint density at radius 1 is 0.957 bits per heavy atom. The van der Waals surface area contributed by atoms with Gasteiger partial charge in [0, 0.05) is 16.6 Å². The van der Waals surface area contributed by atoms with Gasteiger partial charge in [0.25, 0.3) is 5.91 Å². The predicted octanol–water partition coefficient (Wildman–Crippen LogP) is 4.81. The van der Waals surface area contributed by atoms with Crippen LogP contribution in [0.3, 0.4) is 0 Å². The summed E-state index contributed by atoms with van der Waals surface area (Å²) in [5.74, 6) is -0.0406. The number of anilines is 1. The van der Waals surface area contributed by atoms with Gasteiger partial charge in [-0.25, -0.2) is 0 Å². The molecule has 0 saturated heterocycles. The molecule has 0 bridgehead atoms. The molecule has 0 fully saturated rings. The Hall–Kier alpha value is -2.61. The SMILES string of the molecule is Cc1ccc(C(=O)Nc2ccc3c4c(cccc24)CC3)c(C)c1. The van der Waals surface area contributed by atoms with Crippen LogP contribution < -0.4 is 5.32 Å². The largest absolute Gasteiger partial charge is 0.321 e. The van der Waals surface area contributed by atoms with Gasteiger partial charge in [0.2, 0.25) is 0 Å². The Morgan fingerprint density at radius 3 is 2.52 bits per heavy atom. The maximum atomic E-state index is 12.7. The van der Waals surface area contributed by atoms with E-state index in [-0.39, 0.29) is 5.91 Å². The lowest BCUT2D eigenvalue weighted by atomic mass is 10.0. The molecule has 3 aromatic carbocycles. The number of carbonyl (C=O) groups excluding carboxylic acids is 1. The molecular weight excluding hydrogens is 282 g/mol. The average molecular weight is 301 g/mol. The topological polar surface area (TPSA) is 29.1 Å². The van der Waals surface area contributed by atoms with Crippen molar-refractivity contribution in [3.63, 3.8) is 0 Å². The quantitative estimate of drug-likeness (QED) is 0.723. The lowest BCUT2D eigenvalue weighted by molar-refractivity contribution is 0.102. The van der Waals surface area contributed by atoms with Gasteiger partial charge in [0.05, 0.1) is 0 Å². The third-order valence-corrected chi connectivity index (χ3v) is 4.75. The number of benzene rings is 3. The number of hydrogen-bond donors (Lipinski definition) is 1. The van der Waals surface area contributed by atoms with Crippen LogP contribution in [0.1, 0.15) is 32.6 Å². The molecule has 4 rings (SSSR count). The molecule has 0 unspecified atom stereocenters. The van der Waals surface area contributed by atoms with Gasteiger partial charge in [0.1, 0.15) is 0 Å². The van der Waals surface area contributed by atoms with E-state index in [1.165, 1.54) is 22.1 Å². The van der Waals surface area contributed by atoms with Crippen molar-refractivity contribution in [1.29, 1.82) is 0 Å². The number of hydrogen-bond acceptors (Lipinski definition) is 1. The summed E-state index contributed by atoms with van der Waals surface area (Å²) in [5, 5.41) is 5.58. The van der Waals surface area contributed by atoms with Gasteiger partial charge in [0.15, 0.2) is 0 Å². The summed E-state index contributed by atoms with van der Waals surface area (Å²) in [4.78, 5) is 12.7. The zero-order valence-electron chi connectivity index (χ0n) is 13.4. The molecule has 1 N–H and O–H groups in total. The Bertz CT molecular complexity index is 930. The van der Waals surface area contributed by atoms with E-state index in [0.29, 0.717) is 0 Å². The molecule has 0 aliphatic heterocycles. The summed E-state index contributed by atoms with van der Waals surface area (Å²) in [7, 11) is 0. The summed E-state index contributed by atoms with van der Waals surface area (Å²) in [6.07, 6.45) is 2.20. The van der Waals surface area contributed by atoms with E-state index in [0.717, 1.165) is 35.0 Å². The van der Waals surface area contributed by atoms with Crippen LogP contribution in [0.4, 0.5) is 5.69 Å². The molecule has 2 nitrogen and oxygen atoms in total. The molecule has 1 amide bonds. The first-order valence-corrected chi connectivity index (χ1v) is 8.05. The Kier molecular flexibility index (Phi) is 3.19. The molecule has 1 aliphatic rings. The number of rotatable bonds is 2. The smallest absolute Gasteiger partial charge is 0.255 e. The second kappa shape index (κ2) is 5.24. The molecule has 0 saturated carbocycles. The summed E-state index contributed by atoms with van der Waals surface area (Å²) < 4.78 is 0. The highest BCUT2D eigenvalue weighted by atomic mass is 16.1. The van der Waals surface area contributed by atoms with E-state index in [4.69, 9.17) is 0 Å². The number of aryl methyl sites for hydroxylation is 4. The Morgan fingerprint density at radius 2 is 1.74 bits per heavy atom. The summed E-state index contributed by atoms with van der Waals surface area (Å²) in [5.41, 5.74) is 6.59. The fraction of sp³-hybridized carbons (Fsp3) is 0.190. The third-order valence-electron chi connectivity index (χ3n) is 4.75. The molecule has 0 radical (unpaired) electrons. The fourth-order valence-electron chi connectivity index (χ4n) is 3.61. The monoisotopic (exact) mass is 301 g/mol. The summed E-state index contributed by atoms with van der Waals surface area (Å²) in [6, 6.07) is 16.5. The minimum atomic E-state index is -0.0406. The molecule has 0 aromatic heterocycles. The van der Waals surface area contributed by atoms with Gasteiger partial charge >= 0.3 is 0 Å². The van der Waals surface area contributed by atoms with E-state index in [2.05, 4.69) is 29.6 Å². The first kappa shape index (κ1) is 14.0. The first-order valence-electron chi connectivity index (χ1n) is 8.05. The third kappa shape index (κ3) is 2.31. The first-order chi connectivity index (χ1) is 11.1. The molecule has 2 heteroatoms. The van der Waals surface area contributed by atoms with E-state index < -0.39 is 0 Å². The van der Waals surface area contributed by atoms with Crippen LogP contribution in [0.5, 0.6) is 0 Å². The van der Waals surface area contributed by atoms with Crippen molar-refractivity contribution in [3.8, 4) is 0 Å². The van der Waals surface area contributed by atoms with Crippen molar-refractivity contribution >= 4 is 22.4 Å². The van der Waals surface area contributed by atoms with Crippen molar-refractivity contribution in [2.24, 2.45) is 0 Å². The van der Waals surface area contributed by atoms with Crippen LogP contribution in [0.25, 0.3) is 10.8 Å².